The molecule has 0 radical (unpaired) electrons. The average molecular weight is 385 g/mol. The van der Waals surface area contributed by atoms with E-state index in [9.17, 15) is 18.5 Å². The molecule has 0 atom stereocenters. The molecular weight excluding hydrogens is 368 g/mol. The van der Waals surface area contributed by atoms with Gasteiger partial charge in [-0.3, -0.25) is 14.4 Å². The third-order valence-corrected chi connectivity index (χ3v) is 6.00. The smallest absolute Gasteiger partial charge is 0.270 e. The Hall–Kier alpha value is -2.32. The summed E-state index contributed by atoms with van der Waals surface area (Å²) in [7, 11) is -2.54. The number of halogens is 1. The first-order valence-corrected chi connectivity index (χ1v) is 9.15. The molecule has 7 nitrogen and oxygen atoms in total. The zero-order valence-electron chi connectivity index (χ0n) is 13.9. The number of benzene rings is 2. The van der Waals surface area contributed by atoms with Crippen LogP contribution in [0.5, 0.6) is 5.75 Å². The fraction of sp³-hybridized carbons (Fsp3) is 0.250. The Morgan fingerprint density at radius 2 is 1.92 bits per heavy atom. The lowest BCUT2D eigenvalue weighted by Crippen LogP contribution is -2.31. The summed E-state index contributed by atoms with van der Waals surface area (Å²) in [5.74, 6) is 0.422. The van der Waals surface area contributed by atoms with Crippen LogP contribution >= 0.6 is 11.6 Å². The molecule has 0 aliphatic heterocycles. The number of methoxy groups -OCH3 is 1. The molecular formula is C16H17ClN2O5S. The van der Waals surface area contributed by atoms with Crippen LogP contribution in [0.25, 0.3) is 0 Å². The van der Waals surface area contributed by atoms with Crippen molar-refractivity contribution in [2.45, 2.75) is 18.7 Å². The number of rotatable bonds is 6. The van der Waals surface area contributed by atoms with Gasteiger partial charge in [0.15, 0.2) is 0 Å². The lowest BCUT2D eigenvalue weighted by molar-refractivity contribution is -0.385. The number of non-ortho nitro benzene ring substituents is 1. The molecule has 134 valence electrons. The van der Waals surface area contributed by atoms with Gasteiger partial charge >= 0.3 is 0 Å². The van der Waals surface area contributed by atoms with Crippen molar-refractivity contribution in [1.82, 2.24) is 0 Å². The summed E-state index contributed by atoms with van der Waals surface area (Å²) in [6.07, 6.45) is 0. The fourth-order valence-electron chi connectivity index (χ4n) is 2.40. The quantitative estimate of drug-likeness (QED) is 0.558. The van der Waals surface area contributed by atoms with Crippen LogP contribution in [-0.2, 0) is 10.0 Å². The maximum atomic E-state index is 13.1. The third kappa shape index (κ3) is 3.69. The summed E-state index contributed by atoms with van der Waals surface area (Å²) in [6, 6.07) is 8.37. The molecule has 0 aliphatic carbocycles. The first-order chi connectivity index (χ1) is 11.7. The molecule has 0 bridgehead atoms. The highest BCUT2D eigenvalue weighted by Gasteiger charge is 2.27. The zero-order valence-corrected chi connectivity index (χ0v) is 15.5. The number of anilines is 1. The number of aryl methyl sites for hydroxylation is 1. The monoisotopic (exact) mass is 384 g/mol. The van der Waals surface area contributed by atoms with Gasteiger partial charge in [0.25, 0.3) is 15.7 Å². The Balaban J connectivity index is 2.58. The molecule has 0 unspecified atom stereocenters. The predicted octanol–water partition coefficient (Wildman–Crippen LogP) is 3.78. The summed E-state index contributed by atoms with van der Waals surface area (Å²) in [5.41, 5.74) is 0.482. The van der Waals surface area contributed by atoms with Crippen LogP contribution in [0.4, 0.5) is 11.4 Å². The van der Waals surface area contributed by atoms with Crippen LogP contribution < -0.4 is 9.04 Å². The number of hydrogen-bond acceptors (Lipinski definition) is 5. The second-order valence-corrected chi connectivity index (χ2v) is 7.43. The van der Waals surface area contributed by atoms with Gasteiger partial charge in [-0.25, -0.2) is 8.42 Å². The van der Waals surface area contributed by atoms with Gasteiger partial charge in [0.1, 0.15) is 5.75 Å². The molecule has 0 fully saturated rings. The van der Waals surface area contributed by atoms with E-state index in [2.05, 4.69) is 0 Å². The fourth-order valence-corrected chi connectivity index (χ4v) is 4.37. The first kappa shape index (κ1) is 19.0. The Kier molecular flexibility index (Phi) is 5.54. The lowest BCUT2D eigenvalue weighted by Gasteiger charge is -2.24. The van der Waals surface area contributed by atoms with Gasteiger partial charge in [-0.05, 0) is 37.6 Å². The van der Waals surface area contributed by atoms with Crippen LogP contribution in [0.1, 0.15) is 12.5 Å². The number of nitrogens with zero attached hydrogens (tertiary/aromatic N) is 2. The van der Waals surface area contributed by atoms with Crippen molar-refractivity contribution in [2.24, 2.45) is 0 Å². The first-order valence-electron chi connectivity index (χ1n) is 7.33. The molecule has 0 aromatic heterocycles. The molecule has 0 spiro atoms. The molecule has 0 heterocycles. The number of sulfonamides is 1. The van der Waals surface area contributed by atoms with E-state index in [0.29, 0.717) is 17.0 Å². The highest BCUT2D eigenvalue weighted by molar-refractivity contribution is 7.92. The van der Waals surface area contributed by atoms with E-state index in [4.69, 9.17) is 16.3 Å². The second-order valence-electron chi connectivity index (χ2n) is 5.20. The van der Waals surface area contributed by atoms with E-state index >= 15 is 0 Å². The zero-order chi connectivity index (χ0) is 18.8. The normalized spacial score (nSPS) is 11.2. The Morgan fingerprint density at radius 1 is 1.24 bits per heavy atom. The molecule has 0 N–H and O–H groups in total. The Bertz CT molecular complexity index is 915. The number of nitro benzene ring substituents is 1. The van der Waals surface area contributed by atoms with Crippen molar-refractivity contribution >= 4 is 33.0 Å². The van der Waals surface area contributed by atoms with Crippen LogP contribution in [0.2, 0.25) is 5.02 Å². The van der Waals surface area contributed by atoms with Crippen molar-refractivity contribution in [3.63, 3.8) is 0 Å². The number of nitro groups is 1. The largest absolute Gasteiger partial charge is 0.495 e. The van der Waals surface area contributed by atoms with Crippen molar-refractivity contribution in [3.8, 4) is 5.75 Å². The third-order valence-electron chi connectivity index (χ3n) is 3.66. The summed E-state index contributed by atoms with van der Waals surface area (Å²) in [5, 5.41) is 11.2. The Labute approximate surface area is 151 Å². The van der Waals surface area contributed by atoms with Crippen molar-refractivity contribution < 1.29 is 18.1 Å². The summed E-state index contributed by atoms with van der Waals surface area (Å²) in [4.78, 5) is 10.2. The molecule has 9 heteroatoms. The molecule has 2 aromatic rings. The molecule has 25 heavy (non-hydrogen) atoms. The molecule has 2 rings (SSSR count). The molecule has 0 aliphatic rings. The van der Waals surface area contributed by atoms with E-state index < -0.39 is 14.9 Å². The van der Waals surface area contributed by atoms with E-state index in [1.165, 1.54) is 25.3 Å². The molecule has 0 saturated carbocycles. The molecule has 0 saturated heterocycles. The maximum absolute atomic E-state index is 13.1. The standard InChI is InChI=1S/C16H17ClN2O5S/c1-4-18(12-7-8-15(24-3)14(17)9-12)25(22,23)16-10-13(19(20)21)6-5-11(16)2/h5-10H,4H2,1-3H3. The summed E-state index contributed by atoms with van der Waals surface area (Å²) >= 11 is 6.09. The van der Waals surface area contributed by atoms with Gasteiger partial charge < -0.3 is 4.74 Å². The van der Waals surface area contributed by atoms with Crippen molar-refractivity contribution in [1.29, 1.82) is 0 Å². The molecule has 0 amide bonds. The minimum atomic E-state index is -4.00. The minimum Gasteiger partial charge on any atom is -0.495 e. The van der Waals surface area contributed by atoms with E-state index in [1.807, 2.05) is 0 Å². The number of ether oxygens (including phenoxy) is 1. The van der Waals surface area contributed by atoms with E-state index in [1.54, 1.807) is 26.0 Å². The van der Waals surface area contributed by atoms with Crippen LogP contribution in [0, 0.1) is 17.0 Å². The second kappa shape index (κ2) is 7.28. The van der Waals surface area contributed by atoms with Gasteiger partial charge in [-0.15, -0.1) is 0 Å². The van der Waals surface area contributed by atoms with Crippen LogP contribution in [-0.4, -0.2) is 27.0 Å². The van der Waals surface area contributed by atoms with Crippen molar-refractivity contribution in [2.75, 3.05) is 18.0 Å². The van der Waals surface area contributed by atoms with Crippen LogP contribution in [0.15, 0.2) is 41.3 Å². The van der Waals surface area contributed by atoms with Gasteiger partial charge in [0.05, 0.1) is 27.6 Å². The van der Waals surface area contributed by atoms with E-state index in [0.717, 1.165) is 10.4 Å². The highest BCUT2D eigenvalue weighted by Crippen LogP contribution is 2.33. The van der Waals surface area contributed by atoms with E-state index in [-0.39, 0.29) is 22.2 Å². The SMILES string of the molecule is CCN(c1ccc(OC)c(Cl)c1)S(=O)(=O)c1cc([N+](=O)[O-])ccc1C. The summed E-state index contributed by atoms with van der Waals surface area (Å²) < 4.78 is 32.3. The number of hydrogen-bond donors (Lipinski definition) is 0. The van der Waals surface area contributed by atoms with Gasteiger partial charge in [0, 0.05) is 18.7 Å². The maximum Gasteiger partial charge on any atom is 0.270 e. The van der Waals surface area contributed by atoms with Crippen molar-refractivity contribution in [3.05, 3.63) is 57.1 Å². The molecule has 2 aromatic carbocycles. The lowest BCUT2D eigenvalue weighted by atomic mass is 10.2. The predicted molar refractivity (Wildman–Crippen MR) is 96.0 cm³/mol. The Morgan fingerprint density at radius 3 is 2.44 bits per heavy atom. The summed E-state index contributed by atoms with van der Waals surface area (Å²) in [6.45, 7) is 3.39. The topological polar surface area (TPSA) is 89.8 Å². The minimum absolute atomic E-state index is 0.115. The average Bonchev–Trinajstić information content (AvgIpc) is 2.55. The van der Waals surface area contributed by atoms with Gasteiger partial charge in [-0.2, -0.15) is 0 Å². The van der Waals surface area contributed by atoms with Crippen LogP contribution in [0.3, 0.4) is 0 Å². The van der Waals surface area contributed by atoms with Gasteiger partial charge in [0.2, 0.25) is 0 Å². The van der Waals surface area contributed by atoms with Gasteiger partial charge in [-0.1, -0.05) is 17.7 Å². The highest BCUT2D eigenvalue weighted by atomic mass is 35.5.